The van der Waals surface area contributed by atoms with Crippen molar-refractivity contribution in [3.8, 4) is 17.1 Å². The number of rotatable bonds is 3. The number of fused-ring (bicyclic) bond motifs is 1. The van der Waals surface area contributed by atoms with Gasteiger partial charge in [-0.1, -0.05) is 35.9 Å². The standard InChI is InChI=1S/C22H13ClF3N3O2/c23-16-8-9-19(30)14(11-16)12-27-29-20(13-4-3-5-15(10-13)22(24,25)26)28-18-7-2-1-6-17(18)21(29)31/h1-12,30H. The average Bonchev–Trinajstić information content (AvgIpc) is 2.75. The summed E-state index contributed by atoms with van der Waals surface area (Å²) in [5.41, 5.74) is -0.851. The molecule has 0 fully saturated rings. The van der Waals surface area contributed by atoms with Crippen molar-refractivity contribution in [1.29, 1.82) is 0 Å². The normalized spacial score (nSPS) is 12.0. The molecule has 0 radical (unpaired) electrons. The number of halogens is 4. The summed E-state index contributed by atoms with van der Waals surface area (Å²) in [6, 6.07) is 15.2. The maximum absolute atomic E-state index is 13.2. The molecule has 156 valence electrons. The number of nitrogens with zero attached hydrogens (tertiary/aromatic N) is 3. The zero-order valence-corrected chi connectivity index (χ0v) is 16.4. The summed E-state index contributed by atoms with van der Waals surface area (Å²) in [6.45, 7) is 0. The van der Waals surface area contributed by atoms with Gasteiger partial charge in [0.25, 0.3) is 5.56 Å². The first-order valence-corrected chi connectivity index (χ1v) is 9.34. The van der Waals surface area contributed by atoms with Gasteiger partial charge in [0.05, 0.1) is 22.7 Å². The maximum Gasteiger partial charge on any atom is 0.416 e. The molecular weight excluding hydrogens is 431 g/mol. The van der Waals surface area contributed by atoms with E-state index in [2.05, 4.69) is 10.1 Å². The Labute approximate surface area is 178 Å². The highest BCUT2D eigenvalue weighted by molar-refractivity contribution is 6.30. The molecule has 0 amide bonds. The third-order valence-electron chi connectivity index (χ3n) is 4.50. The molecule has 1 N–H and O–H groups in total. The second-order valence-corrected chi connectivity index (χ2v) is 7.03. The number of aromatic nitrogens is 2. The highest BCUT2D eigenvalue weighted by Crippen LogP contribution is 2.32. The summed E-state index contributed by atoms with van der Waals surface area (Å²) in [7, 11) is 0. The van der Waals surface area contributed by atoms with Crippen LogP contribution in [0.2, 0.25) is 5.02 Å². The maximum atomic E-state index is 13.2. The van der Waals surface area contributed by atoms with Gasteiger partial charge in [-0.2, -0.15) is 22.9 Å². The monoisotopic (exact) mass is 443 g/mol. The van der Waals surface area contributed by atoms with E-state index < -0.39 is 17.3 Å². The number of alkyl halides is 3. The molecule has 0 aliphatic heterocycles. The Hall–Kier alpha value is -3.65. The van der Waals surface area contributed by atoms with E-state index in [9.17, 15) is 23.1 Å². The van der Waals surface area contributed by atoms with Gasteiger partial charge in [0.1, 0.15) is 5.75 Å². The van der Waals surface area contributed by atoms with E-state index in [1.807, 2.05) is 0 Å². The minimum absolute atomic E-state index is 0.0603. The van der Waals surface area contributed by atoms with Gasteiger partial charge in [-0.15, -0.1) is 0 Å². The largest absolute Gasteiger partial charge is 0.507 e. The van der Waals surface area contributed by atoms with E-state index in [0.717, 1.165) is 16.8 Å². The predicted molar refractivity (Wildman–Crippen MR) is 113 cm³/mol. The quantitative estimate of drug-likeness (QED) is 0.435. The molecule has 0 aliphatic carbocycles. The van der Waals surface area contributed by atoms with Crippen LogP contribution in [0.3, 0.4) is 0 Å². The zero-order chi connectivity index (χ0) is 22.2. The molecular formula is C22H13ClF3N3O2. The lowest BCUT2D eigenvalue weighted by molar-refractivity contribution is -0.137. The first-order valence-electron chi connectivity index (χ1n) is 8.96. The molecule has 5 nitrogen and oxygen atoms in total. The van der Waals surface area contributed by atoms with Crippen molar-refractivity contribution in [2.24, 2.45) is 5.10 Å². The molecule has 4 aromatic rings. The Balaban J connectivity index is 1.96. The molecule has 0 bridgehead atoms. The smallest absolute Gasteiger partial charge is 0.416 e. The summed E-state index contributed by atoms with van der Waals surface area (Å²) in [6.07, 6.45) is -3.37. The fourth-order valence-electron chi connectivity index (χ4n) is 3.00. The van der Waals surface area contributed by atoms with Crippen LogP contribution in [0.5, 0.6) is 5.75 Å². The van der Waals surface area contributed by atoms with Crippen molar-refractivity contribution in [2.45, 2.75) is 6.18 Å². The minimum atomic E-state index is -4.56. The van der Waals surface area contributed by atoms with Crippen molar-refractivity contribution in [3.63, 3.8) is 0 Å². The third kappa shape index (κ3) is 4.15. The Bertz CT molecular complexity index is 1380. The Morgan fingerprint density at radius 1 is 1.03 bits per heavy atom. The molecule has 0 spiro atoms. The predicted octanol–water partition coefficient (Wildman–Crippen LogP) is 5.32. The van der Waals surface area contributed by atoms with Crippen LogP contribution in [0.4, 0.5) is 13.2 Å². The van der Waals surface area contributed by atoms with Crippen LogP contribution < -0.4 is 5.56 Å². The number of phenols is 1. The molecule has 31 heavy (non-hydrogen) atoms. The van der Waals surface area contributed by atoms with E-state index in [0.29, 0.717) is 10.5 Å². The molecule has 4 rings (SSSR count). The summed E-state index contributed by atoms with van der Waals surface area (Å²) >= 11 is 5.94. The van der Waals surface area contributed by atoms with Gasteiger partial charge < -0.3 is 5.11 Å². The van der Waals surface area contributed by atoms with Crippen molar-refractivity contribution in [3.05, 3.63) is 93.2 Å². The van der Waals surface area contributed by atoms with Crippen LogP contribution in [-0.2, 0) is 6.18 Å². The number of phenolic OH excluding ortho intramolecular Hbond substituents is 1. The number of benzene rings is 3. The van der Waals surface area contributed by atoms with Crippen LogP contribution in [0.25, 0.3) is 22.3 Å². The van der Waals surface area contributed by atoms with Crippen molar-refractivity contribution < 1.29 is 18.3 Å². The summed E-state index contributed by atoms with van der Waals surface area (Å²) in [5, 5.41) is 14.7. The lowest BCUT2D eigenvalue weighted by Crippen LogP contribution is -2.20. The second-order valence-electron chi connectivity index (χ2n) is 6.60. The van der Waals surface area contributed by atoms with E-state index in [4.69, 9.17) is 11.6 Å². The van der Waals surface area contributed by atoms with Gasteiger partial charge in [-0.3, -0.25) is 4.79 Å². The molecule has 0 atom stereocenters. The highest BCUT2D eigenvalue weighted by atomic mass is 35.5. The highest BCUT2D eigenvalue weighted by Gasteiger charge is 2.30. The molecule has 1 aromatic heterocycles. The van der Waals surface area contributed by atoms with Crippen LogP contribution in [0.1, 0.15) is 11.1 Å². The SMILES string of the molecule is O=c1c2ccccc2nc(-c2cccc(C(F)(F)F)c2)n1N=Cc1cc(Cl)ccc1O. The average molecular weight is 444 g/mol. The molecule has 0 saturated heterocycles. The van der Waals surface area contributed by atoms with E-state index in [1.165, 1.54) is 36.5 Å². The van der Waals surface area contributed by atoms with E-state index in [1.54, 1.807) is 24.3 Å². The summed E-state index contributed by atoms with van der Waals surface area (Å²) in [5.74, 6) is -0.205. The summed E-state index contributed by atoms with van der Waals surface area (Å²) in [4.78, 5) is 17.5. The first-order chi connectivity index (χ1) is 14.7. The van der Waals surface area contributed by atoms with Gasteiger partial charge in [-0.25, -0.2) is 4.98 Å². The lowest BCUT2D eigenvalue weighted by Gasteiger charge is -2.12. The van der Waals surface area contributed by atoms with Crippen LogP contribution in [0.15, 0.2) is 76.6 Å². The molecule has 1 heterocycles. The van der Waals surface area contributed by atoms with E-state index >= 15 is 0 Å². The number of hydrogen-bond acceptors (Lipinski definition) is 4. The fourth-order valence-corrected chi connectivity index (χ4v) is 3.18. The third-order valence-corrected chi connectivity index (χ3v) is 4.74. The minimum Gasteiger partial charge on any atom is -0.507 e. The molecule has 0 saturated carbocycles. The van der Waals surface area contributed by atoms with Crippen molar-refractivity contribution in [2.75, 3.05) is 0 Å². The number of aromatic hydroxyl groups is 1. The van der Waals surface area contributed by atoms with Crippen molar-refractivity contribution in [1.82, 2.24) is 9.66 Å². The zero-order valence-electron chi connectivity index (χ0n) is 15.6. The fraction of sp³-hybridized carbons (Fsp3) is 0.0455. The van der Waals surface area contributed by atoms with Crippen LogP contribution >= 0.6 is 11.6 Å². The molecule has 3 aromatic carbocycles. The molecule has 0 aliphatic rings. The topological polar surface area (TPSA) is 67.5 Å². The second kappa shape index (κ2) is 7.88. The van der Waals surface area contributed by atoms with Gasteiger partial charge in [0, 0.05) is 16.1 Å². The number of hydrogen-bond donors (Lipinski definition) is 1. The van der Waals surface area contributed by atoms with Crippen LogP contribution in [0, 0.1) is 0 Å². The number of para-hydroxylation sites is 1. The van der Waals surface area contributed by atoms with Gasteiger partial charge in [-0.05, 0) is 42.5 Å². The Morgan fingerprint density at radius 3 is 2.58 bits per heavy atom. The van der Waals surface area contributed by atoms with Crippen LogP contribution in [-0.4, -0.2) is 21.0 Å². The van der Waals surface area contributed by atoms with Crippen molar-refractivity contribution >= 4 is 28.7 Å². The van der Waals surface area contributed by atoms with Gasteiger partial charge in [0.15, 0.2) is 5.82 Å². The lowest BCUT2D eigenvalue weighted by atomic mass is 10.1. The Kier molecular flexibility index (Phi) is 5.24. The van der Waals surface area contributed by atoms with E-state index in [-0.39, 0.29) is 28.1 Å². The summed E-state index contributed by atoms with van der Waals surface area (Å²) < 4.78 is 40.5. The van der Waals surface area contributed by atoms with Gasteiger partial charge in [0.2, 0.25) is 0 Å². The Morgan fingerprint density at radius 2 is 1.81 bits per heavy atom. The van der Waals surface area contributed by atoms with Gasteiger partial charge >= 0.3 is 6.18 Å². The molecule has 9 heteroatoms. The molecule has 0 unspecified atom stereocenters. The first kappa shape index (κ1) is 20.6.